The van der Waals surface area contributed by atoms with Gasteiger partial charge in [0.2, 0.25) is 15.9 Å². The first-order chi connectivity index (χ1) is 14.4. The monoisotopic (exact) mass is 430 g/mol. The van der Waals surface area contributed by atoms with Gasteiger partial charge in [-0.25, -0.2) is 12.7 Å². The molecule has 2 aromatic carbocycles. The summed E-state index contributed by atoms with van der Waals surface area (Å²) in [6, 6.07) is 16.8. The van der Waals surface area contributed by atoms with Crippen LogP contribution in [-0.4, -0.2) is 38.3 Å². The third-order valence-electron chi connectivity index (χ3n) is 5.46. The van der Waals surface area contributed by atoms with Crippen LogP contribution < -0.4 is 10.1 Å². The van der Waals surface area contributed by atoms with Crippen molar-refractivity contribution in [3.05, 3.63) is 65.7 Å². The van der Waals surface area contributed by atoms with E-state index in [1.807, 2.05) is 68.4 Å². The maximum Gasteiger partial charge on any atom is 0.223 e. The fourth-order valence-corrected chi connectivity index (χ4v) is 5.27. The minimum absolute atomic E-state index is 0.000518. The number of ether oxygens (including phenoxy) is 1. The Morgan fingerprint density at radius 3 is 2.33 bits per heavy atom. The van der Waals surface area contributed by atoms with Crippen LogP contribution in [0.15, 0.2) is 54.6 Å². The van der Waals surface area contributed by atoms with E-state index in [2.05, 4.69) is 5.32 Å². The van der Waals surface area contributed by atoms with E-state index < -0.39 is 10.0 Å². The molecule has 6 nitrogen and oxygen atoms in total. The Labute approximate surface area is 179 Å². The van der Waals surface area contributed by atoms with Gasteiger partial charge in [-0.1, -0.05) is 42.5 Å². The van der Waals surface area contributed by atoms with Crippen molar-refractivity contribution in [1.29, 1.82) is 0 Å². The summed E-state index contributed by atoms with van der Waals surface area (Å²) in [6.45, 7) is 5.27. The normalized spacial score (nSPS) is 16.7. The largest absolute Gasteiger partial charge is 0.494 e. The van der Waals surface area contributed by atoms with E-state index in [4.69, 9.17) is 4.74 Å². The average Bonchev–Trinajstić information content (AvgIpc) is 2.75. The van der Waals surface area contributed by atoms with Gasteiger partial charge in [-0.3, -0.25) is 4.79 Å². The molecule has 1 fully saturated rings. The number of rotatable bonds is 8. The van der Waals surface area contributed by atoms with Crippen LogP contribution in [0.1, 0.15) is 43.9 Å². The smallest absolute Gasteiger partial charge is 0.223 e. The molecule has 3 rings (SSSR count). The highest BCUT2D eigenvalue weighted by atomic mass is 32.2. The third-order valence-corrected chi connectivity index (χ3v) is 7.31. The number of sulfonamides is 1. The van der Waals surface area contributed by atoms with Crippen LogP contribution in [0.5, 0.6) is 5.75 Å². The summed E-state index contributed by atoms with van der Waals surface area (Å²) in [5.41, 5.74) is 1.79. The van der Waals surface area contributed by atoms with Crippen molar-refractivity contribution in [3.63, 3.8) is 0 Å². The second-order valence-electron chi connectivity index (χ2n) is 7.65. The molecular formula is C23H30N2O4S. The van der Waals surface area contributed by atoms with Gasteiger partial charge in [-0.2, -0.15) is 0 Å². The van der Waals surface area contributed by atoms with Crippen molar-refractivity contribution in [2.75, 3.05) is 19.7 Å². The number of piperidine rings is 1. The lowest BCUT2D eigenvalue weighted by molar-refractivity contribution is -0.126. The van der Waals surface area contributed by atoms with Crippen molar-refractivity contribution >= 4 is 15.9 Å². The molecule has 0 aromatic heterocycles. The van der Waals surface area contributed by atoms with Gasteiger partial charge < -0.3 is 10.1 Å². The highest BCUT2D eigenvalue weighted by molar-refractivity contribution is 7.88. The van der Waals surface area contributed by atoms with Crippen molar-refractivity contribution < 1.29 is 17.9 Å². The van der Waals surface area contributed by atoms with Crippen LogP contribution in [-0.2, 0) is 20.6 Å². The molecule has 0 saturated carbocycles. The number of amides is 1. The van der Waals surface area contributed by atoms with Gasteiger partial charge >= 0.3 is 0 Å². The first-order valence-corrected chi connectivity index (χ1v) is 12.0. The SMILES string of the molecule is CCOc1ccc([C@H](C)NC(=O)C2CCN(S(=O)(=O)Cc3ccccc3)CC2)cc1. The minimum atomic E-state index is -3.37. The van der Waals surface area contributed by atoms with Crippen molar-refractivity contribution in [1.82, 2.24) is 9.62 Å². The quantitative estimate of drug-likeness (QED) is 0.695. The summed E-state index contributed by atoms with van der Waals surface area (Å²) in [7, 11) is -3.37. The lowest BCUT2D eigenvalue weighted by atomic mass is 9.96. The molecule has 2 aromatic rings. The molecule has 0 aliphatic carbocycles. The molecule has 0 bridgehead atoms. The van der Waals surface area contributed by atoms with Gasteiger partial charge in [0.05, 0.1) is 18.4 Å². The van der Waals surface area contributed by atoms with Gasteiger partial charge in [0.1, 0.15) is 5.75 Å². The van der Waals surface area contributed by atoms with Crippen LogP contribution in [0.4, 0.5) is 0 Å². The van der Waals surface area contributed by atoms with Gasteiger partial charge in [-0.05, 0) is 49.9 Å². The number of nitrogens with zero attached hydrogens (tertiary/aromatic N) is 1. The Bertz CT molecular complexity index is 921. The standard InChI is InChI=1S/C23H30N2O4S/c1-3-29-22-11-9-20(10-12-22)18(2)24-23(26)21-13-15-25(16-14-21)30(27,28)17-19-7-5-4-6-8-19/h4-12,18,21H,3,13-17H2,1-2H3,(H,24,26)/t18-/m0/s1. The zero-order valence-electron chi connectivity index (χ0n) is 17.6. The molecule has 1 saturated heterocycles. The third kappa shape index (κ3) is 5.83. The van der Waals surface area contributed by atoms with E-state index in [0.29, 0.717) is 32.5 Å². The zero-order chi connectivity index (χ0) is 21.6. The molecule has 1 amide bonds. The Balaban J connectivity index is 1.51. The lowest BCUT2D eigenvalue weighted by Gasteiger charge is -2.31. The Morgan fingerprint density at radius 2 is 1.73 bits per heavy atom. The molecule has 1 atom stereocenters. The lowest BCUT2D eigenvalue weighted by Crippen LogP contribution is -2.43. The maximum atomic E-state index is 12.7. The molecule has 1 aliphatic heterocycles. The van der Waals surface area contributed by atoms with Crippen molar-refractivity contribution in [2.45, 2.75) is 38.5 Å². The van der Waals surface area contributed by atoms with Crippen molar-refractivity contribution in [3.8, 4) is 5.75 Å². The summed E-state index contributed by atoms with van der Waals surface area (Å²) in [6.07, 6.45) is 1.08. The number of carbonyl (C=O) groups excluding carboxylic acids is 1. The van der Waals surface area contributed by atoms with E-state index in [1.54, 1.807) is 0 Å². The first kappa shape index (κ1) is 22.3. The van der Waals surface area contributed by atoms with E-state index in [9.17, 15) is 13.2 Å². The summed E-state index contributed by atoms with van der Waals surface area (Å²) in [5, 5.41) is 3.06. The Morgan fingerprint density at radius 1 is 1.10 bits per heavy atom. The van der Waals surface area contributed by atoms with Crippen LogP contribution in [0.3, 0.4) is 0 Å². The number of carbonyl (C=O) groups is 1. The minimum Gasteiger partial charge on any atom is -0.494 e. The molecular weight excluding hydrogens is 400 g/mol. The fourth-order valence-electron chi connectivity index (χ4n) is 3.71. The fraction of sp³-hybridized carbons (Fsp3) is 0.435. The number of hydrogen-bond donors (Lipinski definition) is 1. The molecule has 7 heteroatoms. The molecule has 1 N–H and O–H groups in total. The molecule has 1 heterocycles. The van der Waals surface area contributed by atoms with Crippen LogP contribution in [0, 0.1) is 5.92 Å². The molecule has 0 radical (unpaired) electrons. The van der Waals surface area contributed by atoms with Gasteiger partial charge in [0, 0.05) is 19.0 Å². The van der Waals surface area contributed by atoms with E-state index >= 15 is 0 Å². The highest BCUT2D eigenvalue weighted by Crippen LogP contribution is 2.24. The van der Waals surface area contributed by atoms with Crippen LogP contribution in [0.2, 0.25) is 0 Å². The summed E-state index contributed by atoms with van der Waals surface area (Å²) in [4.78, 5) is 12.7. The molecule has 0 spiro atoms. The Hall–Kier alpha value is -2.38. The predicted molar refractivity (Wildman–Crippen MR) is 118 cm³/mol. The van der Waals surface area contributed by atoms with Crippen LogP contribution in [0.25, 0.3) is 0 Å². The second kappa shape index (κ2) is 10.1. The summed E-state index contributed by atoms with van der Waals surface area (Å²) < 4.78 is 32.3. The summed E-state index contributed by atoms with van der Waals surface area (Å²) >= 11 is 0. The predicted octanol–water partition coefficient (Wildman–Crippen LogP) is 3.50. The van der Waals surface area contributed by atoms with Crippen LogP contribution >= 0.6 is 0 Å². The highest BCUT2D eigenvalue weighted by Gasteiger charge is 2.31. The topological polar surface area (TPSA) is 75.7 Å². The zero-order valence-corrected chi connectivity index (χ0v) is 18.4. The van der Waals surface area contributed by atoms with E-state index in [-0.39, 0.29) is 23.6 Å². The molecule has 30 heavy (non-hydrogen) atoms. The Kier molecular flexibility index (Phi) is 7.50. The molecule has 162 valence electrons. The van der Waals surface area contributed by atoms with Gasteiger partial charge in [0.15, 0.2) is 0 Å². The van der Waals surface area contributed by atoms with E-state index in [1.165, 1.54) is 4.31 Å². The second-order valence-corrected chi connectivity index (χ2v) is 9.62. The van der Waals surface area contributed by atoms with E-state index in [0.717, 1.165) is 16.9 Å². The molecule has 0 unspecified atom stereocenters. The average molecular weight is 431 g/mol. The number of nitrogens with one attached hydrogen (secondary N) is 1. The van der Waals surface area contributed by atoms with Gasteiger partial charge in [0.25, 0.3) is 0 Å². The summed E-state index contributed by atoms with van der Waals surface area (Å²) in [5.74, 6) is 0.623. The number of benzene rings is 2. The maximum absolute atomic E-state index is 12.7. The van der Waals surface area contributed by atoms with Gasteiger partial charge in [-0.15, -0.1) is 0 Å². The number of hydrogen-bond acceptors (Lipinski definition) is 4. The molecule has 1 aliphatic rings. The van der Waals surface area contributed by atoms with Crippen molar-refractivity contribution in [2.24, 2.45) is 5.92 Å². The first-order valence-electron chi connectivity index (χ1n) is 10.4.